The lowest BCUT2D eigenvalue weighted by Gasteiger charge is -2.18. The molecule has 2 aliphatic carbocycles. The van der Waals surface area contributed by atoms with Gasteiger partial charge in [-0.3, -0.25) is 4.79 Å². The number of hydrogen-bond acceptors (Lipinski definition) is 1. The maximum absolute atomic E-state index is 12.5. The second-order valence-electron chi connectivity index (χ2n) is 5.42. The Morgan fingerprint density at radius 2 is 1.74 bits per heavy atom. The molecule has 1 aromatic rings. The Hall–Kier alpha value is -1.52. The van der Waals surface area contributed by atoms with E-state index in [-0.39, 0.29) is 11.8 Å². The van der Waals surface area contributed by atoms with Gasteiger partial charge in [-0.05, 0) is 43.4 Å². The summed E-state index contributed by atoms with van der Waals surface area (Å²) in [5.74, 6) is 0.157. The smallest absolute Gasteiger partial charge is 0.346 e. The average Bonchev–Trinajstić information content (AvgIpc) is 3.23. The summed E-state index contributed by atoms with van der Waals surface area (Å²) >= 11 is 0. The number of carbonyl (C=O) groups excluding carboxylic acids is 1. The molecule has 0 unspecified atom stereocenters. The molecule has 0 aromatic heterocycles. The van der Waals surface area contributed by atoms with Gasteiger partial charge < -0.3 is 5.32 Å². The molecule has 2 nitrogen and oxygen atoms in total. The first kappa shape index (κ1) is 12.5. The first-order chi connectivity index (χ1) is 8.91. The number of nitrogens with one attached hydrogen (secondary N) is 1. The number of halogens is 3. The minimum Gasteiger partial charge on any atom is -0.346 e. The van der Waals surface area contributed by atoms with Crippen molar-refractivity contribution in [3.05, 3.63) is 35.4 Å². The second-order valence-corrected chi connectivity index (χ2v) is 5.42. The van der Waals surface area contributed by atoms with Gasteiger partial charge in [-0.1, -0.05) is 12.1 Å². The van der Waals surface area contributed by atoms with Crippen LogP contribution in [0.3, 0.4) is 0 Å². The first-order valence-corrected chi connectivity index (χ1v) is 6.40. The van der Waals surface area contributed by atoms with E-state index in [1.807, 2.05) is 0 Å². The third-order valence-electron chi connectivity index (χ3n) is 3.83. The monoisotopic (exact) mass is 269 g/mol. The number of benzene rings is 1. The Labute approximate surface area is 109 Å². The number of rotatable bonds is 3. The maximum Gasteiger partial charge on any atom is 0.416 e. The highest BCUT2D eigenvalue weighted by Gasteiger charge is 2.47. The fraction of sp³-hybridized carbons (Fsp3) is 0.500. The van der Waals surface area contributed by atoms with Crippen molar-refractivity contribution in [2.45, 2.75) is 37.4 Å². The molecule has 0 spiro atoms. The van der Waals surface area contributed by atoms with Gasteiger partial charge in [0.05, 0.1) is 11.1 Å². The molecule has 1 amide bonds. The zero-order valence-electron chi connectivity index (χ0n) is 10.3. The SMILES string of the molecule is O=C(NC1(c2ccc(C(F)(F)F)cc2)CC1)C1CC1. The number of hydrogen-bond donors (Lipinski definition) is 1. The molecule has 0 radical (unpaired) electrons. The second kappa shape index (κ2) is 3.99. The molecule has 2 fully saturated rings. The summed E-state index contributed by atoms with van der Waals surface area (Å²) in [5, 5.41) is 2.98. The highest BCUT2D eigenvalue weighted by atomic mass is 19.4. The fourth-order valence-electron chi connectivity index (χ4n) is 2.27. The Kier molecular flexibility index (Phi) is 2.62. The number of carbonyl (C=O) groups is 1. The zero-order chi connectivity index (χ0) is 13.7. The van der Waals surface area contributed by atoms with Gasteiger partial charge in [0.15, 0.2) is 0 Å². The number of alkyl halides is 3. The maximum atomic E-state index is 12.5. The van der Waals surface area contributed by atoms with Crippen molar-refractivity contribution >= 4 is 5.91 Å². The summed E-state index contributed by atoms with van der Waals surface area (Å²) in [5.41, 5.74) is -0.292. The van der Waals surface area contributed by atoms with Gasteiger partial charge in [-0.15, -0.1) is 0 Å². The van der Waals surface area contributed by atoms with E-state index in [0.717, 1.165) is 43.4 Å². The van der Waals surface area contributed by atoms with E-state index < -0.39 is 17.3 Å². The predicted octanol–water partition coefficient (Wildman–Crippen LogP) is 3.22. The first-order valence-electron chi connectivity index (χ1n) is 6.40. The largest absolute Gasteiger partial charge is 0.416 e. The van der Waals surface area contributed by atoms with Crippen molar-refractivity contribution in [2.75, 3.05) is 0 Å². The molecule has 0 heterocycles. The van der Waals surface area contributed by atoms with Crippen LogP contribution >= 0.6 is 0 Å². The topological polar surface area (TPSA) is 29.1 Å². The normalized spacial score (nSPS) is 21.0. The lowest BCUT2D eigenvalue weighted by Crippen LogP contribution is -2.35. The van der Waals surface area contributed by atoms with Crippen LogP contribution in [0.1, 0.15) is 36.8 Å². The van der Waals surface area contributed by atoms with Crippen molar-refractivity contribution in [3.8, 4) is 0 Å². The Morgan fingerprint density at radius 3 is 2.16 bits per heavy atom. The molecule has 5 heteroatoms. The summed E-state index contributed by atoms with van der Waals surface area (Å²) in [6.45, 7) is 0. The Morgan fingerprint density at radius 1 is 1.16 bits per heavy atom. The van der Waals surface area contributed by atoms with E-state index in [0.29, 0.717) is 0 Å². The zero-order valence-corrected chi connectivity index (χ0v) is 10.3. The van der Waals surface area contributed by atoms with Crippen LogP contribution in [0, 0.1) is 5.92 Å². The quantitative estimate of drug-likeness (QED) is 0.896. The lowest BCUT2D eigenvalue weighted by atomic mass is 10.0. The molecule has 3 rings (SSSR count). The van der Waals surface area contributed by atoms with Crippen LogP contribution in [0.25, 0.3) is 0 Å². The van der Waals surface area contributed by atoms with Crippen LogP contribution in [0.15, 0.2) is 24.3 Å². The summed E-state index contributed by atoms with van der Waals surface area (Å²) in [7, 11) is 0. The summed E-state index contributed by atoms with van der Waals surface area (Å²) in [4.78, 5) is 11.8. The van der Waals surface area contributed by atoms with Crippen LogP contribution in [-0.4, -0.2) is 5.91 Å². The molecule has 1 aromatic carbocycles. The van der Waals surface area contributed by atoms with Gasteiger partial charge in [-0.2, -0.15) is 13.2 Å². The van der Waals surface area contributed by atoms with Crippen LogP contribution < -0.4 is 5.32 Å². The van der Waals surface area contributed by atoms with Gasteiger partial charge >= 0.3 is 6.18 Å². The standard InChI is InChI=1S/C14H14F3NO/c15-14(16,17)11-5-3-10(4-6-11)13(7-8-13)18-12(19)9-1-2-9/h3-6,9H,1-2,7-8H2,(H,18,19). The predicted molar refractivity (Wildman–Crippen MR) is 63.2 cm³/mol. The number of amides is 1. The highest BCUT2D eigenvalue weighted by molar-refractivity contribution is 5.82. The molecule has 102 valence electrons. The third kappa shape index (κ3) is 2.46. The summed E-state index contributed by atoms with van der Waals surface area (Å²) in [6.07, 6.45) is -0.857. The van der Waals surface area contributed by atoms with Crippen molar-refractivity contribution < 1.29 is 18.0 Å². The minimum absolute atomic E-state index is 0.0393. The highest BCUT2D eigenvalue weighted by Crippen LogP contribution is 2.47. The molecule has 19 heavy (non-hydrogen) atoms. The molecule has 2 aliphatic rings. The third-order valence-corrected chi connectivity index (χ3v) is 3.83. The van der Waals surface area contributed by atoms with Crippen LogP contribution in [-0.2, 0) is 16.5 Å². The van der Waals surface area contributed by atoms with Gasteiger partial charge in [0, 0.05) is 5.92 Å². The van der Waals surface area contributed by atoms with Gasteiger partial charge in [-0.25, -0.2) is 0 Å². The molecular formula is C14H14F3NO. The van der Waals surface area contributed by atoms with Crippen molar-refractivity contribution in [1.29, 1.82) is 0 Å². The van der Waals surface area contributed by atoms with Crippen LogP contribution in [0.5, 0.6) is 0 Å². The average molecular weight is 269 g/mol. The van der Waals surface area contributed by atoms with Crippen molar-refractivity contribution in [1.82, 2.24) is 5.32 Å². The molecule has 0 atom stereocenters. The van der Waals surface area contributed by atoms with E-state index in [4.69, 9.17) is 0 Å². The van der Waals surface area contributed by atoms with Crippen LogP contribution in [0.4, 0.5) is 13.2 Å². The van der Waals surface area contributed by atoms with E-state index in [1.165, 1.54) is 12.1 Å². The summed E-state index contributed by atoms with van der Waals surface area (Å²) in [6, 6.07) is 5.11. The Bertz CT molecular complexity index is 498. The van der Waals surface area contributed by atoms with Gasteiger partial charge in [0.1, 0.15) is 0 Å². The Balaban J connectivity index is 1.76. The summed E-state index contributed by atoms with van der Waals surface area (Å²) < 4.78 is 37.5. The lowest BCUT2D eigenvalue weighted by molar-refractivity contribution is -0.137. The van der Waals surface area contributed by atoms with Gasteiger partial charge in [0.25, 0.3) is 0 Å². The minimum atomic E-state index is -4.31. The molecule has 0 aliphatic heterocycles. The van der Waals surface area contributed by atoms with E-state index in [1.54, 1.807) is 0 Å². The van der Waals surface area contributed by atoms with E-state index in [9.17, 15) is 18.0 Å². The van der Waals surface area contributed by atoms with Crippen molar-refractivity contribution in [3.63, 3.8) is 0 Å². The molecule has 0 saturated heterocycles. The molecule has 1 N–H and O–H groups in total. The van der Waals surface area contributed by atoms with Crippen molar-refractivity contribution in [2.24, 2.45) is 5.92 Å². The fourth-order valence-corrected chi connectivity index (χ4v) is 2.27. The van der Waals surface area contributed by atoms with Crippen LogP contribution in [0.2, 0.25) is 0 Å². The van der Waals surface area contributed by atoms with Gasteiger partial charge in [0.2, 0.25) is 5.91 Å². The molecule has 2 saturated carbocycles. The molecule has 0 bridgehead atoms. The van der Waals surface area contributed by atoms with E-state index in [2.05, 4.69) is 5.32 Å². The van der Waals surface area contributed by atoms with E-state index >= 15 is 0 Å². The molecular weight excluding hydrogens is 255 g/mol.